The molecule has 1 saturated heterocycles. The fourth-order valence-corrected chi connectivity index (χ4v) is 3.50. The second kappa shape index (κ2) is 11.6. The molecule has 158 valence electrons. The van der Waals surface area contributed by atoms with Crippen LogP contribution in [0.2, 0.25) is 0 Å². The van der Waals surface area contributed by atoms with E-state index in [1.54, 1.807) is 12.1 Å². The van der Waals surface area contributed by atoms with Gasteiger partial charge in [-0.3, -0.25) is 0 Å². The Morgan fingerprint density at radius 2 is 1.64 bits per heavy atom. The van der Waals surface area contributed by atoms with Crippen molar-refractivity contribution in [2.24, 2.45) is 5.41 Å². The minimum absolute atomic E-state index is 0.0416. The van der Waals surface area contributed by atoms with Crippen LogP contribution < -0.4 is 0 Å². The van der Waals surface area contributed by atoms with Crippen LogP contribution in [0.25, 0.3) is 0 Å². The summed E-state index contributed by atoms with van der Waals surface area (Å²) in [6.45, 7) is 9.15. The zero-order valence-electron chi connectivity index (χ0n) is 18.1. The Labute approximate surface area is 170 Å². The molecule has 1 fully saturated rings. The fraction of sp³-hybridized carbons (Fsp3) is 0.708. The summed E-state index contributed by atoms with van der Waals surface area (Å²) in [4.78, 5) is 12.0. The van der Waals surface area contributed by atoms with E-state index in [9.17, 15) is 4.79 Å². The number of hydrogen-bond donors (Lipinski definition) is 0. The fourth-order valence-electron chi connectivity index (χ4n) is 3.50. The smallest absolute Gasteiger partial charge is 0.338 e. The van der Waals surface area contributed by atoms with Gasteiger partial charge in [0.25, 0.3) is 0 Å². The molecule has 0 radical (unpaired) electrons. The first-order valence-electron chi connectivity index (χ1n) is 10.9. The Morgan fingerprint density at radius 1 is 1.00 bits per heavy atom. The molecule has 0 N–H and O–H groups in total. The summed E-state index contributed by atoms with van der Waals surface area (Å²) < 4.78 is 17.9. The number of unbranched alkanes of at least 4 members (excludes halogenated alkanes) is 3. The van der Waals surface area contributed by atoms with Gasteiger partial charge in [-0.1, -0.05) is 71.6 Å². The second-order valence-corrected chi connectivity index (χ2v) is 8.94. The van der Waals surface area contributed by atoms with Crippen LogP contribution in [-0.2, 0) is 14.2 Å². The number of rotatable bonds is 10. The van der Waals surface area contributed by atoms with Gasteiger partial charge in [-0.15, -0.1) is 0 Å². The van der Waals surface area contributed by atoms with Crippen molar-refractivity contribution in [2.45, 2.75) is 97.6 Å². The summed E-state index contributed by atoms with van der Waals surface area (Å²) in [6.07, 6.45) is 9.05. The van der Waals surface area contributed by atoms with E-state index in [-0.39, 0.29) is 29.9 Å². The molecule has 4 nitrogen and oxygen atoms in total. The van der Waals surface area contributed by atoms with Crippen LogP contribution in [0.5, 0.6) is 0 Å². The number of carbonyl (C=O) groups is 1. The first kappa shape index (κ1) is 22.9. The van der Waals surface area contributed by atoms with E-state index in [0.29, 0.717) is 12.2 Å². The highest BCUT2D eigenvalue weighted by Crippen LogP contribution is 2.34. The molecule has 1 aromatic carbocycles. The van der Waals surface area contributed by atoms with Crippen molar-refractivity contribution in [3.8, 4) is 0 Å². The molecule has 28 heavy (non-hydrogen) atoms. The molecule has 1 heterocycles. The van der Waals surface area contributed by atoms with Crippen LogP contribution in [0.4, 0.5) is 0 Å². The van der Waals surface area contributed by atoms with Crippen molar-refractivity contribution in [3.05, 3.63) is 35.9 Å². The zero-order valence-corrected chi connectivity index (χ0v) is 18.1. The third kappa shape index (κ3) is 7.92. The highest BCUT2D eigenvalue weighted by Gasteiger charge is 2.36. The standard InChI is InChI=1S/C24H38O4/c1-5-6-7-11-15-20-18-21(28-23(27-20)24(2,3)4)16-12-17-26-22(25)19-13-9-8-10-14-19/h8-10,13-14,20-21,23H,5-7,11-12,15-18H2,1-4H3/t20-,21-,23-/m0/s1. The van der Waals surface area contributed by atoms with Gasteiger partial charge < -0.3 is 14.2 Å². The zero-order chi connectivity index (χ0) is 20.4. The van der Waals surface area contributed by atoms with Crippen LogP contribution >= 0.6 is 0 Å². The average molecular weight is 391 g/mol. The number of hydrogen-bond acceptors (Lipinski definition) is 4. The highest BCUT2D eigenvalue weighted by atomic mass is 16.7. The molecule has 4 heteroatoms. The predicted octanol–water partition coefficient (Wildman–Crippen LogP) is 6.14. The van der Waals surface area contributed by atoms with Crippen molar-refractivity contribution < 1.29 is 19.0 Å². The van der Waals surface area contributed by atoms with Gasteiger partial charge in [-0.25, -0.2) is 4.79 Å². The van der Waals surface area contributed by atoms with Crippen molar-refractivity contribution >= 4 is 5.97 Å². The van der Waals surface area contributed by atoms with Crippen LogP contribution in [0.1, 0.15) is 89.4 Å². The molecule has 1 aromatic rings. The Hall–Kier alpha value is -1.39. The third-order valence-corrected chi connectivity index (χ3v) is 5.16. The Morgan fingerprint density at radius 3 is 2.25 bits per heavy atom. The minimum Gasteiger partial charge on any atom is -0.462 e. The summed E-state index contributed by atoms with van der Waals surface area (Å²) in [5.41, 5.74) is 0.560. The topological polar surface area (TPSA) is 44.8 Å². The first-order chi connectivity index (χ1) is 13.4. The van der Waals surface area contributed by atoms with Crippen molar-refractivity contribution in [3.63, 3.8) is 0 Å². The van der Waals surface area contributed by atoms with E-state index < -0.39 is 0 Å². The molecule has 0 saturated carbocycles. The largest absolute Gasteiger partial charge is 0.462 e. The van der Waals surface area contributed by atoms with Crippen molar-refractivity contribution in [2.75, 3.05) is 6.61 Å². The van der Waals surface area contributed by atoms with Crippen LogP contribution in [0.3, 0.4) is 0 Å². The highest BCUT2D eigenvalue weighted by molar-refractivity contribution is 5.89. The summed E-state index contributed by atoms with van der Waals surface area (Å²) >= 11 is 0. The van der Waals surface area contributed by atoms with Crippen LogP contribution in [-0.4, -0.2) is 31.1 Å². The molecule has 0 aliphatic carbocycles. The normalized spacial score (nSPS) is 22.8. The maximum atomic E-state index is 12.0. The molecule has 2 rings (SSSR count). The van der Waals surface area contributed by atoms with Gasteiger partial charge in [-0.05, 0) is 31.4 Å². The lowest BCUT2D eigenvalue weighted by Crippen LogP contribution is -2.44. The minimum atomic E-state index is -0.255. The number of carbonyl (C=O) groups excluding carboxylic acids is 1. The molecular weight excluding hydrogens is 352 g/mol. The van der Waals surface area contributed by atoms with E-state index in [0.717, 1.165) is 25.7 Å². The Balaban J connectivity index is 1.77. The molecule has 1 aliphatic rings. The third-order valence-electron chi connectivity index (χ3n) is 5.16. The molecule has 1 aliphatic heterocycles. The Kier molecular flexibility index (Phi) is 9.46. The lowest BCUT2D eigenvalue weighted by molar-refractivity contribution is -0.281. The summed E-state index contributed by atoms with van der Waals surface area (Å²) in [6, 6.07) is 9.14. The van der Waals surface area contributed by atoms with E-state index >= 15 is 0 Å². The SMILES string of the molecule is CCCCCC[C@H]1C[C@H](CCCOC(=O)c2ccccc2)O[C@@H](C(C)(C)C)O1. The maximum Gasteiger partial charge on any atom is 0.338 e. The van der Waals surface area contributed by atoms with Crippen molar-refractivity contribution in [1.29, 1.82) is 0 Å². The molecular formula is C24H38O4. The summed E-state index contributed by atoms with van der Waals surface area (Å²) in [5, 5.41) is 0. The summed E-state index contributed by atoms with van der Waals surface area (Å²) in [7, 11) is 0. The molecule has 0 aromatic heterocycles. The van der Waals surface area contributed by atoms with E-state index in [4.69, 9.17) is 14.2 Å². The van der Waals surface area contributed by atoms with Crippen LogP contribution in [0.15, 0.2) is 30.3 Å². The molecule has 0 spiro atoms. The van der Waals surface area contributed by atoms with Gasteiger partial charge in [0.05, 0.1) is 24.4 Å². The lowest BCUT2D eigenvalue weighted by atomic mass is 9.93. The van der Waals surface area contributed by atoms with E-state index in [1.807, 2.05) is 18.2 Å². The Bertz CT molecular complexity index is 564. The molecule has 0 bridgehead atoms. The van der Waals surface area contributed by atoms with Gasteiger partial charge in [-0.2, -0.15) is 0 Å². The monoisotopic (exact) mass is 390 g/mol. The van der Waals surface area contributed by atoms with E-state index in [2.05, 4.69) is 27.7 Å². The second-order valence-electron chi connectivity index (χ2n) is 8.94. The van der Waals surface area contributed by atoms with Gasteiger partial charge in [0, 0.05) is 11.8 Å². The van der Waals surface area contributed by atoms with Crippen molar-refractivity contribution in [1.82, 2.24) is 0 Å². The quantitative estimate of drug-likeness (QED) is 0.355. The number of esters is 1. The molecule has 3 atom stereocenters. The van der Waals surface area contributed by atoms with Crippen LogP contribution in [0, 0.1) is 5.41 Å². The summed E-state index contributed by atoms with van der Waals surface area (Å²) in [5.74, 6) is -0.255. The maximum absolute atomic E-state index is 12.0. The lowest BCUT2D eigenvalue weighted by Gasteiger charge is -2.41. The first-order valence-corrected chi connectivity index (χ1v) is 10.9. The predicted molar refractivity (Wildman–Crippen MR) is 112 cm³/mol. The van der Waals surface area contributed by atoms with Gasteiger partial charge >= 0.3 is 5.97 Å². The number of benzene rings is 1. The van der Waals surface area contributed by atoms with Gasteiger partial charge in [0.15, 0.2) is 6.29 Å². The van der Waals surface area contributed by atoms with E-state index in [1.165, 1.54) is 25.7 Å². The average Bonchev–Trinajstić information content (AvgIpc) is 2.68. The molecule has 0 amide bonds. The number of ether oxygens (including phenoxy) is 3. The molecule has 0 unspecified atom stereocenters. The van der Waals surface area contributed by atoms with Gasteiger partial charge in [0.1, 0.15) is 0 Å². The van der Waals surface area contributed by atoms with Gasteiger partial charge in [0.2, 0.25) is 0 Å².